The molecule has 2 saturated heterocycles. The van der Waals surface area contributed by atoms with Crippen LogP contribution in [0.2, 0.25) is 0 Å². The molecule has 0 saturated carbocycles. The molecule has 2 rings (SSSR count). The van der Waals surface area contributed by atoms with E-state index < -0.39 is 0 Å². The molecular formula is C9H17N2O2+. The fourth-order valence-corrected chi connectivity index (χ4v) is 2.05. The molecule has 4 heteroatoms. The van der Waals surface area contributed by atoms with Gasteiger partial charge >= 0.3 is 5.91 Å². The molecule has 0 spiro atoms. The molecule has 13 heavy (non-hydrogen) atoms. The average Bonchev–Trinajstić information content (AvgIpc) is 2.65. The Bertz CT molecular complexity index is 214. The third-order valence-corrected chi connectivity index (χ3v) is 2.90. The fourth-order valence-electron chi connectivity index (χ4n) is 2.05. The maximum Gasteiger partial charge on any atom is 0.345 e. The first-order valence-corrected chi connectivity index (χ1v) is 4.99. The highest BCUT2D eigenvalue weighted by Gasteiger charge is 2.41. The van der Waals surface area contributed by atoms with Crippen LogP contribution in [0, 0.1) is 0 Å². The number of amides is 1. The summed E-state index contributed by atoms with van der Waals surface area (Å²) in [7, 11) is 1.88. The van der Waals surface area contributed by atoms with Gasteiger partial charge in [-0.1, -0.05) is 0 Å². The van der Waals surface area contributed by atoms with Gasteiger partial charge in [0.2, 0.25) is 0 Å². The maximum absolute atomic E-state index is 11.5. The number of rotatable bonds is 2. The van der Waals surface area contributed by atoms with Gasteiger partial charge in [0.05, 0.1) is 6.42 Å². The second kappa shape index (κ2) is 3.36. The van der Waals surface area contributed by atoms with E-state index in [0.29, 0.717) is 6.42 Å². The van der Waals surface area contributed by atoms with Gasteiger partial charge in [-0.05, 0) is 13.0 Å². The molecule has 0 aliphatic carbocycles. The van der Waals surface area contributed by atoms with Gasteiger partial charge in [0.15, 0.2) is 0 Å². The Hall–Kier alpha value is -0.450. The van der Waals surface area contributed by atoms with Crippen LogP contribution in [0.5, 0.6) is 0 Å². The molecule has 1 amide bonds. The number of hydroxylamine groups is 3. The van der Waals surface area contributed by atoms with Crippen molar-refractivity contribution in [2.45, 2.75) is 25.4 Å². The predicted molar refractivity (Wildman–Crippen MR) is 47.7 cm³/mol. The summed E-state index contributed by atoms with van der Waals surface area (Å²) in [6.07, 6.45) is 2.90. The quantitative estimate of drug-likeness (QED) is 0.618. The fraction of sp³-hybridized carbons (Fsp3) is 0.889. The number of quaternary nitrogens is 1. The van der Waals surface area contributed by atoms with Crippen LogP contribution in [0.3, 0.4) is 0 Å². The van der Waals surface area contributed by atoms with Crippen LogP contribution in [-0.4, -0.2) is 43.3 Å². The summed E-state index contributed by atoms with van der Waals surface area (Å²) in [5.41, 5.74) is 0. The lowest BCUT2D eigenvalue weighted by Crippen LogP contribution is -2.48. The van der Waals surface area contributed by atoms with E-state index in [2.05, 4.69) is 5.32 Å². The van der Waals surface area contributed by atoms with Gasteiger partial charge < -0.3 is 5.32 Å². The SMILES string of the molecule is C[N+]1(OC2CCNC2)CCCC1=O. The van der Waals surface area contributed by atoms with Crippen LogP contribution in [0.25, 0.3) is 0 Å². The highest BCUT2D eigenvalue weighted by molar-refractivity contribution is 5.69. The minimum absolute atomic E-state index is 0.201. The summed E-state index contributed by atoms with van der Waals surface area (Å²) in [5.74, 6) is 0.229. The summed E-state index contributed by atoms with van der Waals surface area (Å²) in [6.45, 7) is 2.75. The van der Waals surface area contributed by atoms with Crippen molar-refractivity contribution in [3.63, 3.8) is 0 Å². The van der Waals surface area contributed by atoms with Gasteiger partial charge in [0.25, 0.3) is 0 Å². The molecule has 0 aromatic rings. The molecule has 2 unspecified atom stereocenters. The van der Waals surface area contributed by atoms with Gasteiger partial charge in [-0.2, -0.15) is 4.84 Å². The summed E-state index contributed by atoms with van der Waals surface area (Å²) in [6, 6.07) is 0. The van der Waals surface area contributed by atoms with Crippen LogP contribution >= 0.6 is 0 Å². The Morgan fingerprint density at radius 2 is 2.46 bits per heavy atom. The Balaban J connectivity index is 1.95. The van der Waals surface area contributed by atoms with Crippen molar-refractivity contribution in [3.8, 4) is 0 Å². The standard InChI is InChI=1S/C9H17N2O2/c1-11(6-2-3-9(11)12)13-8-4-5-10-7-8/h8,10H,2-7H2,1H3/q+1. The summed E-state index contributed by atoms with van der Waals surface area (Å²) >= 11 is 0. The van der Waals surface area contributed by atoms with E-state index in [-0.39, 0.29) is 16.7 Å². The Kier molecular flexibility index (Phi) is 2.36. The third-order valence-electron chi connectivity index (χ3n) is 2.90. The highest BCUT2D eigenvalue weighted by atomic mass is 16.7. The van der Waals surface area contributed by atoms with Gasteiger partial charge in [-0.25, -0.2) is 4.79 Å². The van der Waals surface area contributed by atoms with Crippen molar-refractivity contribution in [2.24, 2.45) is 0 Å². The summed E-state index contributed by atoms with van der Waals surface area (Å²) in [4.78, 5) is 17.3. The lowest BCUT2D eigenvalue weighted by atomic mass is 10.3. The van der Waals surface area contributed by atoms with Gasteiger partial charge in [0, 0.05) is 13.0 Å². The first-order chi connectivity index (χ1) is 6.21. The zero-order valence-corrected chi connectivity index (χ0v) is 8.08. The second-order valence-corrected chi connectivity index (χ2v) is 4.04. The Morgan fingerprint density at radius 3 is 3.00 bits per heavy atom. The predicted octanol–water partition coefficient (Wildman–Crippen LogP) is 0.0469. The number of hydrogen-bond acceptors (Lipinski definition) is 3. The molecule has 0 aromatic heterocycles. The molecule has 1 N–H and O–H groups in total. The normalized spacial score (nSPS) is 40.1. The molecular weight excluding hydrogens is 168 g/mol. The van der Waals surface area contributed by atoms with Gasteiger partial charge in [-0.3, -0.25) is 0 Å². The summed E-state index contributed by atoms with van der Waals surface area (Å²) < 4.78 is 0.201. The molecule has 2 aliphatic rings. The second-order valence-electron chi connectivity index (χ2n) is 4.04. The van der Waals surface area contributed by atoms with Crippen LogP contribution in [0.15, 0.2) is 0 Å². The minimum Gasteiger partial charge on any atom is -0.314 e. The van der Waals surface area contributed by atoms with Crippen molar-refractivity contribution in [3.05, 3.63) is 0 Å². The molecule has 0 bridgehead atoms. The van der Waals surface area contributed by atoms with Crippen LogP contribution < -0.4 is 5.32 Å². The monoisotopic (exact) mass is 185 g/mol. The van der Waals surface area contributed by atoms with Crippen molar-refractivity contribution in [1.82, 2.24) is 5.32 Å². The van der Waals surface area contributed by atoms with E-state index in [1.165, 1.54) is 0 Å². The van der Waals surface area contributed by atoms with Gasteiger partial charge in [0.1, 0.15) is 19.7 Å². The van der Waals surface area contributed by atoms with E-state index >= 15 is 0 Å². The van der Waals surface area contributed by atoms with E-state index in [9.17, 15) is 4.79 Å². The largest absolute Gasteiger partial charge is 0.345 e. The molecule has 2 atom stereocenters. The van der Waals surface area contributed by atoms with E-state index in [1.807, 2.05) is 7.05 Å². The zero-order valence-electron chi connectivity index (χ0n) is 8.08. The highest BCUT2D eigenvalue weighted by Crippen LogP contribution is 2.22. The number of carbonyl (C=O) groups excluding carboxylic acids is 1. The molecule has 74 valence electrons. The number of nitrogens with zero attached hydrogens (tertiary/aromatic N) is 1. The first-order valence-electron chi connectivity index (χ1n) is 4.99. The molecule has 0 radical (unpaired) electrons. The van der Waals surface area contributed by atoms with Crippen molar-refractivity contribution in [1.29, 1.82) is 0 Å². The smallest absolute Gasteiger partial charge is 0.314 e. The van der Waals surface area contributed by atoms with Crippen molar-refractivity contribution >= 4 is 5.91 Å². The van der Waals surface area contributed by atoms with Gasteiger partial charge in [-0.15, -0.1) is 4.65 Å². The van der Waals surface area contributed by atoms with E-state index in [4.69, 9.17) is 4.84 Å². The summed E-state index contributed by atoms with van der Waals surface area (Å²) in [5, 5.41) is 3.23. The maximum atomic E-state index is 11.5. The third kappa shape index (κ3) is 1.75. The lowest BCUT2D eigenvalue weighted by Gasteiger charge is -2.26. The number of nitrogens with one attached hydrogen (secondary N) is 1. The number of hydrogen-bond donors (Lipinski definition) is 1. The van der Waals surface area contributed by atoms with E-state index in [1.54, 1.807) is 0 Å². The molecule has 4 nitrogen and oxygen atoms in total. The topological polar surface area (TPSA) is 38.3 Å². The average molecular weight is 185 g/mol. The minimum atomic E-state index is 0.201. The molecule has 2 fully saturated rings. The molecule has 2 heterocycles. The number of carbonyl (C=O) groups is 1. The number of likely N-dealkylation sites (tertiary alicyclic amines) is 1. The Morgan fingerprint density at radius 1 is 1.62 bits per heavy atom. The van der Waals surface area contributed by atoms with Crippen LogP contribution in [0.4, 0.5) is 0 Å². The van der Waals surface area contributed by atoms with Crippen LogP contribution in [-0.2, 0) is 9.63 Å². The van der Waals surface area contributed by atoms with Crippen molar-refractivity contribution < 1.29 is 14.3 Å². The zero-order chi connectivity index (χ0) is 9.31. The van der Waals surface area contributed by atoms with E-state index in [0.717, 1.165) is 32.5 Å². The van der Waals surface area contributed by atoms with Crippen molar-refractivity contribution in [2.75, 3.05) is 26.7 Å². The molecule has 2 aliphatic heterocycles. The Labute approximate surface area is 78.4 Å². The lowest BCUT2D eigenvalue weighted by molar-refractivity contribution is -1.03. The first kappa shape index (κ1) is 9.12. The van der Waals surface area contributed by atoms with Crippen LogP contribution in [0.1, 0.15) is 19.3 Å². The molecule has 0 aromatic carbocycles.